The molecule has 0 bridgehead atoms. The van der Waals surface area contributed by atoms with Crippen LogP contribution in [0.25, 0.3) is 11.1 Å². The molecule has 3 aromatic rings. The van der Waals surface area contributed by atoms with Gasteiger partial charge in [0, 0.05) is 5.56 Å². The van der Waals surface area contributed by atoms with Crippen LogP contribution in [0.3, 0.4) is 0 Å². The summed E-state index contributed by atoms with van der Waals surface area (Å²) >= 11 is 6.12. The zero-order valence-electron chi connectivity index (χ0n) is 14.0. The van der Waals surface area contributed by atoms with Gasteiger partial charge in [-0.25, -0.2) is 4.79 Å². The van der Waals surface area contributed by atoms with Crippen LogP contribution in [0.5, 0.6) is 0 Å². The van der Waals surface area contributed by atoms with Gasteiger partial charge in [-0.05, 0) is 42.3 Å². The minimum absolute atomic E-state index is 0.0635. The van der Waals surface area contributed by atoms with Crippen molar-refractivity contribution in [1.29, 1.82) is 0 Å². The first-order valence-corrected chi connectivity index (χ1v) is 8.34. The van der Waals surface area contributed by atoms with Crippen molar-refractivity contribution >= 4 is 29.2 Å². The SMILES string of the molecule is Cc1ccc(-c2ccccc2)c(C(=O)Nc2ccc(C(=O)O)cc2Cl)c1. The molecule has 0 saturated heterocycles. The molecule has 2 N–H and O–H groups in total. The van der Waals surface area contributed by atoms with Crippen molar-refractivity contribution in [2.45, 2.75) is 6.92 Å². The zero-order valence-corrected chi connectivity index (χ0v) is 14.7. The van der Waals surface area contributed by atoms with Gasteiger partial charge in [0.15, 0.2) is 0 Å². The predicted molar refractivity (Wildman–Crippen MR) is 103 cm³/mol. The number of halogens is 1. The first-order valence-electron chi connectivity index (χ1n) is 7.96. The number of nitrogens with one attached hydrogen (secondary N) is 1. The molecule has 0 aliphatic heterocycles. The van der Waals surface area contributed by atoms with E-state index in [2.05, 4.69) is 5.32 Å². The Morgan fingerprint density at radius 1 is 0.962 bits per heavy atom. The molecule has 0 unspecified atom stereocenters. The topological polar surface area (TPSA) is 66.4 Å². The molecule has 0 aliphatic carbocycles. The third-order valence-corrected chi connectivity index (χ3v) is 4.28. The van der Waals surface area contributed by atoms with E-state index in [0.29, 0.717) is 11.3 Å². The highest BCUT2D eigenvalue weighted by Crippen LogP contribution is 2.28. The number of hydrogen-bond donors (Lipinski definition) is 2. The maximum atomic E-state index is 12.8. The lowest BCUT2D eigenvalue weighted by molar-refractivity contribution is 0.0696. The van der Waals surface area contributed by atoms with E-state index >= 15 is 0 Å². The number of aryl methyl sites for hydroxylation is 1. The molecule has 3 rings (SSSR count). The number of benzene rings is 3. The van der Waals surface area contributed by atoms with Gasteiger partial charge in [0.25, 0.3) is 5.91 Å². The molecule has 26 heavy (non-hydrogen) atoms. The van der Waals surface area contributed by atoms with E-state index in [-0.39, 0.29) is 16.5 Å². The van der Waals surface area contributed by atoms with Gasteiger partial charge in [-0.1, -0.05) is 59.6 Å². The van der Waals surface area contributed by atoms with E-state index in [1.807, 2.05) is 55.5 Å². The van der Waals surface area contributed by atoms with Gasteiger partial charge >= 0.3 is 5.97 Å². The first kappa shape index (κ1) is 17.7. The van der Waals surface area contributed by atoms with Gasteiger partial charge < -0.3 is 10.4 Å². The van der Waals surface area contributed by atoms with E-state index in [4.69, 9.17) is 16.7 Å². The van der Waals surface area contributed by atoms with Gasteiger partial charge in [0.2, 0.25) is 0 Å². The molecular formula is C21H16ClNO3. The summed E-state index contributed by atoms with van der Waals surface area (Å²) in [4.78, 5) is 23.8. The Morgan fingerprint density at radius 3 is 2.35 bits per heavy atom. The van der Waals surface area contributed by atoms with Crippen LogP contribution in [0.4, 0.5) is 5.69 Å². The van der Waals surface area contributed by atoms with Gasteiger partial charge in [-0.3, -0.25) is 4.79 Å². The Labute approximate surface area is 156 Å². The van der Waals surface area contributed by atoms with Crippen LogP contribution < -0.4 is 5.32 Å². The van der Waals surface area contributed by atoms with Crippen molar-refractivity contribution < 1.29 is 14.7 Å². The van der Waals surface area contributed by atoms with Crippen molar-refractivity contribution in [3.8, 4) is 11.1 Å². The number of hydrogen-bond acceptors (Lipinski definition) is 2. The molecule has 0 saturated carbocycles. The van der Waals surface area contributed by atoms with Gasteiger partial charge in [0.05, 0.1) is 16.3 Å². The molecule has 4 nitrogen and oxygen atoms in total. The van der Waals surface area contributed by atoms with Crippen LogP contribution in [-0.2, 0) is 0 Å². The Balaban J connectivity index is 1.96. The second kappa shape index (κ2) is 7.42. The largest absolute Gasteiger partial charge is 0.478 e. The minimum atomic E-state index is -1.07. The van der Waals surface area contributed by atoms with E-state index in [1.165, 1.54) is 18.2 Å². The Bertz CT molecular complexity index is 984. The smallest absolute Gasteiger partial charge is 0.335 e. The van der Waals surface area contributed by atoms with E-state index in [0.717, 1.165) is 16.7 Å². The van der Waals surface area contributed by atoms with Crippen molar-refractivity contribution in [2.24, 2.45) is 0 Å². The lowest BCUT2D eigenvalue weighted by Crippen LogP contribution is -2.14. The lowest BCUT2D eigenvalue weighted by Gasteiger charge is -2.13. The number of aromatic carboxylic acids is 1. The van der Waals surface area contributed by atoms with Gasteiger partial charge in [-0.15, -0.1) is 0 Å². The monoisotopic (exact) mass is 365 g/mol. The summed E-state index contributed by atoms with van der Waals surface area (Å²) < 4.78 is 0. The standard InChI is InChI=1S/C21H16ClNO3/c1-13-7-9-16(14-5-3-2-4-6-14)17(11-13)20(24)23-19-10-8-15(21(25)26)12-18(19)22/h2-12H,1H3,(H,23,24)(H,25,26). The van der Waals surface area contributed by atoms with Crippen molar-refractivity contribution in [2.75, 3.05) is 5.32 Å². The minimum Gasteiger partial charge on any atom is -0.478 e. The predicted octanol–water partition coefficient (Wildman–Crippen LogP) is 5.27. The molecule has 0 atom stereocenters. The summed E-state index contributed by atoms with van der Waals surface area (Å²) in [6, 6.07) is 19.5. The van der Waals surface area contributed by atoms with E-state index in [1.54, 1.807) is 0 Å². The average Bonchev–Trinajstić information content (AvgIpc) is 2.63. The van der Waals surface area contributed by atoms with Gasteiger partial charge in [-0.2, -0.15) is 0 Å². The molecule has 5 heteroatoms. The fraction of sp³-hybridized carbons (Fsp3) is 0.0476. The highest BCUT2D eigenvalue weighted by atomic mass is 35.5. The summed E-state index contributed by atoms with van der Waals surface area (Å²) in [6.07, 6.45) is 0. The Hall–Kier alpha value is -3.11. The van der Waals surface area contributed by atoms with Gasteiger partial charge in [0.1, 0.15) is 0 Å². The fourth-order valence-electron chi connectivity index (χ4n) is 2.65. The summed E-state index contributed by atoms with van der Waals surface area (Å²) in [5.41, 5.74) is 3.66. The molecular weight excluding hydrogens is 350 g/mol. The summed E-state index contributed by atoms with van der Waals surface area (Å²) in [7, 11) is 0. The summed E-state index contributed by atoms with van der Waals surface area (Å²) in [6.45, 7) is 1.92. The number of carbonyl (C=O) groups is 2. The molecule has 130 valence electrons. The number of carboxylic acids is 1. The maximum Gasteiger partial charge on any atom is 0.335 e. The van der Waals surface area contributed by atoms with Crippen LogP contribution in [0.2, 0.25) is 5.02 Å². The molecule has 0 spiro atoms. The number of amides is 1. The molecule has 0 heterocycles. The van der Waals surface area contributed by atoms with Crippen molar-refractivity contribution in [1.82, 2.24) is 0 Å². The quantitative estimate of drug-likeness (QED) is 0.662. The molecule has 0 aliphatic rings. The molecule has 1 amide bonds. The van der Waals surface area contributed by atoms with E-state index < -0.39 is 5.97 Å². The van der Waals surface area contributed by atoms with Crippen molar-refractivity contribution in [3.63, 3.8) is 0 Å². The highest BCUT2D eigenvalue weighted by Gasteiger charge is 2.15. The summed E-state index contributed by atoms with van der Waals surface area (Å²) in [5, 5.41) is 11.9. The number of carbonyl (C=O) groups excluding carboxylic acids is 1. The van der Waals surface area contributed by atoms with Crippen LogP contribution in [0.15, 0.2) is 66.7 Å². The molecule has 0 radical (unpaired) electrons. The third-order valence-electron chi connectivity index (χ3n) is 3.97. The third kappa shape index (κ3) is 3.76. The second-order valence-electron chi connectivity index (χ2n) is 5.87. The first-order chi connectivity index (χ1) is 12.5. The second-order valence-corrected chi connectivity index (χ2v) is 6.28. The zero-order chi connectivity index (χ0) is 18.7. The number of anilines is 1. The number of rotatable bonds is 4. The molecule has 0 fully saturated rings. The van der Waals surface area contributed by atoms with E-state index in [9.17, 15) is 9.59 Å². The Kier molecular flexibility index (Phi) is 5.05. The average molecular weight is 366 g/mol. The van der Waals surface area contributed by atoms with Crippen LogP contribution in [-0.4, -0.2) is 17.0 Å². The maximum absolute atomic E-state index is 12.8. The normalized spacial score (nSPS) is 10.4. The van der Waals surface area contributed by atoms with Crippen LogP contribution in [0, 0.1) is 6.92 Å². The van der Waals surface area contributed by atoms with Crippen LogP contribution >= 0.6 is 11.6 Å². The number of carboxylic acid groups (broad SMARTS) is 1. The molecule has 0 aromatic heterocycles. The lowest BCUT2D eigenvalue weighted by atomic mass is 9.97. The summed E-state index contributed by atoms with van der Waals surface area (Å²) in [5.74, 6) is -1.38. The fourth-order valence-corrected chi connectivity index (χ4v) is 2.88. The van der Waals surface area contributed by atoms with Crippen molar-refractivity contribution in [3.05, 3.63) is 88.4 Å². The highest BCUT2D eigenvalue weighted by molar-refractivity contribution is 6.34. The van der Waals surface area contributed by atoms with Crippen LogP contribution in [0.1, 0.15) is 26.3 Å². The molecule has 3 aromatic carbocycles. The Morgan fingerprint density at radius 2 is 1.69 bits per heavy atom.